The average molecular weight is 325 g/mol. The zero-order valence-electron chi connectivity index (χ0n) is 13.4. The summed E-state index contributed by atoms with van der Waals surface area (Å²) in [6.07, 6.45) is -3.31. The van der Waals surface area contributed by atoms with Crippen molar-refractivity contribution in [2.45, 2.75) is 50.7 Å². The maximum absolute atomic E-state index is 9.77. The molecule has 1 aromatic carbocycles. The fourth-order valence-corrected chi connectivity index (χ4v) is 2.97. The topological polar surface area (TPSA) is 141 Å². The molecule has 7 heteroatoms. The standard InChI is InChI=1S/C12H17N.C4H6O6/c1-8-7-12(2,3)9-5-4-6-10(13)11(8)9;5-1(3(7)8)2(6)4(9)10/h4-6,8H,7,13H2,1-3H3;1-2,5-6H,(H,7,8)(H,9,10)/t;1-,2-/m.0/s1. The Bertz CT molecular complexity index is 580. The van der Waals surface area contributed by atoms with E-state index in [2.05, 4.69) is 32.9 Å². The summed E-state index contributed by atoms with van der Waals surface area (Å²) >= 11 is 0. The zero-order chi connectivity index (χ0) is 17.9. The molecular formula is C16H23NO6. The van der Waals surface area contributed by atoms with Crippen molar-refractivity contribution < 1.29 is 30.0 Å². The van der Waals surface area contributed by atoms with Crippen LogP contribution in [0.2, 0.25) is 0 Å². The molecular weight excluding hydrogens is 302 g/mol. The van der Waals surface area contributed by atoms with Crippen LogP contribution in [0.25, 0.3) is 0 Å². The average Bonchev–Trinajstić information content (AvgIpc) is 2.68. The minimum atomic E-state index is -2.27. The van der Waals surface area contributed by atoms with Gasteiger partial charge in [-0.3, -0.25) is 0 Å². The van der Waals surface area contributed by atoms with Gasteiger partial charge >= 0.3 is 11.9 Å². The van der Waals surface area contributed by atoms with Gasteiger partial charge in [-0.1, -0.05) is 32.9 Å². The fourth-order valence-electron chi connectivity index (χ4n) is 2.97. The predicted octanol–water partition coefficient (Wildman–Crippen LogP) is 0.931. The van der Waals surface area contributed by atoms with E-state index < -0.39 is 24.1 Å². The van der Waals surface area contributed by atoms with Crippen LogP contribution >= 0.6 is 0 Å². The van der Waals surface area contributed by atoms with E-state index in [1.807, 2.05) is 6.07 Å². The number of carbonyl (C=O) groups is 2. The zero-order valence-corrected chi connectivity index (χ0v) is 13.4. The van der Waals surface area contributed by atoms with Gasteiger partial charge in [0.15, 0.2) is 12.2 Å². The third-order valence-corrected chi connectivity index (χ3v) is 3.98. The van der Waals surface area contributed by atoms with Gasteiger partial charge < -0.3 is 26.2 Å². The van der Waals surface area contributed by atoms with Gasteiger partial charge in [-0.15, -0.1) is 0 Å². The number of nitrogen functional groups attached to an aromatic ring is 1. The first-order valence-corrected chi connectivity index (χ1v) is 7.19. The SMILES string of the molecule is CC1CC(C)(C)c2cccc(N)c21.O=C(O)[C@@H](O)[C@H](O)C(=O)O. The molecule has 0 aromatic heterocycles. The molecule has 0 fully saturated rings. The van der Waals surface area contributed by atoms with Gasteiger partial charge in [0.2, 0.25) is 0 Å². The van der Waals surface area contributed by atoms with Crippen LogP contribution in [0.5, 0.6) is 0 Å². The second kappa shape index (κ2) is 6.97. The lowest BCUT2D eigenvalue weighted by atomic mass is 9.86. The molecule has 0 bridgehead atoms. The molecule has 0 radical (unpaired) electrons. The minimum absolute atomic E-state index is 0.310. The number of anilines is 1. The van der Waals surface area contributed by atoms with Crippen molar-refractivity contribution in [2.75, 3.05) is 5.73 Å². The lowest BCUT2D eigenvalue weighted by Gasteiger charge is -2.18. The molecule has 128 valence electrons. The fraction of sp³-hybridized carbons (Fsp3) is 0.500. The first kappa shape index (κ1) is 18.9. The van der Waals surface area contributed by atoms with Crippen LogP contribution in [-0.2, 0) is 15.0 Å². The van der Waals surface area contributed by atoms with Crippen LogP contribution in [0.1, 0.15) is 44.2 Å². The third kappa shape index (κ3) is 4.20. The minimum Gasteiger partial charge on any atom is -0.479 e. The largest absolute Gasteiger partial charge is 0.479 e. The van der Waals surface area contributed by atoms with Crippen molar-refractivity contribution in [1.82, 2.24) is 0 Å². The highest BCUT2D eigenvalue weighted by Gasteiger charge is 2.35. The van der Waals surface area contributed by atoms with Crippen LogP contribution in [0.15, 0.2) is 18.2 Å². The number of hydrogen-bond donors (Lipinski definition) is 5. The number of benzene rings is 1. The summed E-state index contributed by atoms with van der Waals surface area (Å²) in [6.45, 7) is 6.87. The molecule has 0 amide bonds. The van der Waals surface area contributed by atoms with Crippen molar-refractivity contribution in [3.63, 3.8) is 0 Å². The summed E-state index contributed by atoms with van der Waals surface area (Å²) in [7, 11) is 0. The lowest BCUT2D eigenvalue weighted by molar-refractivity contribution is -0.165. The predicted molar refractivity (Wildman–Crippen MR) is 84.2 cm³/mol. The molecule has 23 heavy (non-hydrogen) atoms. The van der Waals surface area contributed by atoms with Gasteiger partial charge in [-0.25, -0.2) is 9.59 Å². The Labute approximate surface area is 134 Å². The van der Waals surface area contributed by atoms with Crippen molar-refractivity contribution in [3.8, 4) is 0 Å². The first-order chi connectivity index (χ1) is 10.5. The van der Waals surface area contributed by atoms with Gasteiger partial charge in [-0.2, -0.15) is 0 Å². The van der Waals surface area contributed by atoms with Crippen LogP contribution < -0.4 is 5.73 Å². The highest BCUT2D eigenvalue weighted by molar-refractivity contribution is 5.83. The maximum Gasteiger partial charge on any atom is 0.335 e. The van der Waals surface area contributed by atoms with Crippen molar-refractivity contribution in [1.29, 1.82) is 0 Å². The maximum atomic E-state index is 9.77. The summed E-state index contributed by atoms with van der Waals surface area (Å²) in [5.41, 5.74) is 10.1. The van der Waals surface area contributed by atoms with Gasteiger partial charge in [0.05, 0.1) is 0 Å². The van der Waals surface area contributed by atoms with Crippen LogP contribution in [-0.4, -0.2) is 44.6 Å². The second-order valence-electron chi connectivity index (χ2n) is 6.36. The lowest BCUT2D eigenvalue weighted by Crippen LogP contribution is -2.39. The van der Waals surface area contributed by atoms with E-state index in [9.17, 15) is 9.59 Å². The number of rotatable bonds is 3. The Morgan fingerprint density at radius 1 is 1.17 bits per heavy atom. The summed E-state index contributed by atoms with van der Waals surface area (Å²) in [5.74, 6) is -2.92. The van der Waals surface area contributed by atoms with Gasteiger partial charge in [-0.05, 0) is 34.9 Å². The van der Waals surface area contributed by atoms with Crippen LogP contribution in [0.4, 0.5) is 5.69 Å². The van der Waals surface area contributed by atoms with Gasteiger partial charge in [0, 0.05) is 5.69 Å². The summed E-state index contributed by atoms with van der Waals surface area (Å²) < 4.78 is 0. The molecule has 1 aliphatic carbocycles. The second-order valence-corrected chi connectivity index (χ2v) is 6.36. The number of hydrogen-bond acceptors (Lipinski definition) is 5. The smallest absolute Gasteiger partial charge is 0.335 e. The van der Waals surface area contributed by atoms with Gasteiger partial charge in [0.1, 0.15) is 0 Å². The summed E-state index contributed by atoms with van der Waals surface area (Å²) in [5, 5.41) is 32.5. The van der Waals surface area contributed by atoms with E-state index in [4.69, 9.17) is 26.2 Å². The summed E-state index contributed by atoms with van der Waals surface area (Å²) in [6, 6.07) is 6.29. The van der Waals surface area contributed by atoms with Crippen molar-refractivity contribution in [3.05, 3.63) is 29.3 Å². The van der Waals surface area contributed by atoms with E-state index in [-0.39, 0.29) is 0 Å². The van der Waals surface area contributed by atoms with Crippen molar-refractivity contribution >= 4 is 17.6 Å². The van der Waals surface area contributed by atoms with Gasteiger partial charge in [0.25, 0.3) is 0 Å². The van der Waals surface area contributed by atoms with Crippen LogP contribution in [0.3, 0.4) is 0 Å². The Hall–Kier alpha value is -2.12. The molecule has 1 unspecified atom stereocenters. The highest BCUT2D eigenvalue weighted by Crippen LogP contribution is 2.47. The van der Waals surface area contributed by atoms with E-state index >= 15 is 0 Å². The molecule has 0 aliphatic heterocycles. The molecule has 1 aliphatic rings. The molecule has 0 spiro atoms. The van der Waals surface area contributed by atoms with E-state index in [1.54, 1.807) is 0 Å². The van der Waals surface area contributed by atoms with E-state index in [1.165, 1.54) is 17.5 Å². The van der Waals surface area contributed by atoms with E-state index in [0.29, 0.717) is 11.3 Å². The molecule has 2 rings (SSSR count). The first-order valence-electron chi connectivity index (χ1n) is 7.19. The van der Waals surface area contributed by atoms with Crippen LogP contribution in [0, 0.1) is 0 Å². The molecule has 1 aromatic rings. The molecule has 6 N–H and O–H groups in total. The molecule has 3 atom stereocenters. The molecule has 0 heterocycles. The van der Waals surface area contributed by atoms with E-state index in [0.717, 1.165) is 5.69 Å². The number of aliphatic hydroxyl groups excluding tert-OH is 2. The molecule has 0 saturated carbocycles. The molecule has 0 saturated heterocycles. The third-order valence-electron chi connectivity index (χ3n) is 3.98. The number of nitrogens with two attached hydrogens (primary N) is 1. The number of carboxylic acids is 2. The summed E-state index contributed by atoms with van der Waals surface area (Å²) in [4.78, 5) is 19.5. The number of aliphatic carboxylic acids is 2. The Kier molecular flexibility index (Phi) is 5.74. The molecule has 7 nitrogen and oxygen atoms in total. The number of aliphatic hydroxyl groups is 2. The number of fused-ring (bicyclic) bond motifs is 1. The van der Waals surface area contributed by atoms with Crippen molar-refractivity contribution in [2.24, 2.45) is 0 Å². The highest BCUT2D eigenvalue weighted by atomic mass is 16.4. The Balaban J connectivity index is 0.000000241. The monoisotopic (exact) mass is 325 g/mol. The quantitative estimate of drug-likeness (QED) is 0.520. The Morgan fingerprint density at radius 2 is 1.65 bits per heavy atom. The normalized spacial score (nSPS) is 20.7. The Morgan fingerprint density at radius 3 is 2.04 bits per heavy atom. The number of carboxylic acid groups (broad SMARTS) is 2.